The van der Waals surface area contributed by atoms with Gasteiger partial charge in [0.15, 0.2) is 0 Å². The predicted molar refractivity (Wildman–Crippen MR) is 140 cm³/mol. The second-order valence-electron chi connectivity index (χ2n) is 8.02. The third-order valence-corrected chi connectivity index (χ3v) is 7.45. The largest absolute Gasteiger partial charge is 0.478 e. The monoisotopic (exact) mass is 612 g/mol. The molecule has 0 aliphatic rings. The average molecular weight is 614 g/mol. The van der Waals surface area contributed by atoms with E-state index < -0.39 is 23.9 Å². The SMILES string of the molecule is CCOC(=O)c1ccc2c3c(Br)cc(C(=O)O)c4c(C(=O)O)ccc(c5c(Br)cc(C(=O)O)c1c25)c43. The normalized spacial score (nSPS) is 11.5. The number of carbonyl (C=O) groups excluding carboxylic acids is 1. The van der Waals surface area contributed by atoms with Gasteiger partial charge < -0.3 is 20.1 Å². The summed E-state index contributed by atoms with van der Waals surface area (Å²) in [4.78, 5) is 49.3. The molecule has 3 N–H and O–H groups in total. The summed E-state index contributed by atoms with van der Waals surface area (Å²) in [6.45, 7) is 1.74. The Morgan fingerprint density at radius 2 is 1.06 bits per heavy atom. The molecule has 0 aromatic heterocycles. The molecule has 5 aromatic rings. The number of carboxylic acids is 3. The Balaban J connectivity index is 2.18. The lowest BCUT2D eigenvalue weighted by atomic mass is 9.84. The zero-order valence-corrected chi connectivity index (χ0v) is 21.5. The Morgan fingerprint density at radius 1 is 0.639 bits per heavy atom. The van der Waals surface area contributed by atoms with Crippen molar-refractivity contribution in [2.75, 3.05) is 6.61 Å². The van der Waals surface area contributed by atoms with Crippen molar-refractivity contribution in [1.82, 2.24) is 0 Å². The number of esters is 1. The van der Waals surface area contributed by atoms with Crippen LogP contribution in [0.3, 0.4) is 0 Å². The van der Waals surface area contributed by atoms with Crippen LogP contribution in [0.1, 0.15) is 48.4 Å². The van der Waals surface area contributed by atoms with Gasteiger partial charge in [-0.05, 0) is 42.0 Å². The molecule has 8 nitrogen and oxygen atoms in total. The summed E-state index contributed by atoms with van der Waals surface area (Å²) < 4.78 is 5.95. The van der Waals surface area contributed by atoms with Crippen molar-refractivity contribution < 1.29 is 39.2 Å². The van der Waals surface area contributed by atoms with E-state index in [9.17, 15) is 34.5 Å². The summed E-state index contributed by atoms with van der Waals surface area (Å²) in [5.41, 5.74) is -0.422. The van der Waals surface area contributed by atoms with Crippen LogP contribution in [0.5, 0.6) is 0 Å². The van der Waals surface area contributed by atoms with Crippen LogP contribution in [-0.2, 0) is 4.74 Å². The summed E-state index contributed by atoms with van der Waals surface area (Å²) in [6, 6.07) is 8.70. The molecule has 0 bridgehead atoms. The first kappa shape index (κ1) is 24.0. The van der Waals surface area contributed by atoms with Crippen LogP contribution in [0.2, 0.25) is 0 Å². The van der Waals surface area contributed by atoms with Gasteiger partial charge in [0.05, 0.1) is 28.9 Å². The zero-order chi connectivity index (χ0) is 26.0. The lowest BCUT2D eigenvalue weighted by Crippen LogP contribution is -2.10. The van der Waals surface area contributed by atoms with E-state index in [-0.39, 0.29) is 39.6 Å². The molecule has 0 saturated carbocycles. The van der Waals surface area contributed by atoms with Crippen molar-refractivity contribution in [3.63, 3.8) is 0 Å². The molecule has 0 fully saturated rings. The van der Waals surface area contributed by atoms with Gasteiger partial charge >= 0.3 is 23.9 Å². The number of hydrogen-bond acceptors (Lipinski definition) is 5. The summed E-state index contributed by atoms with van der Waals surface area (Å²) >= 11 is 6.91. The minimum Gasteiger partial charge on any atom is -0.478 e. The topological polar surface area (TPSA) is 138 Å². The molecular formula is C26H14Br2O8. The van der Waals surface area contributed by atoms with E-state index in [1.165, 1.54) is 24.3 Å². The number of rotatable bonds is 5. The first-order valence-electron chi connectivity index (χ1n) is 10.5. The zero-order valence-electron chi connectivity index (χ0n) is 18.3. The highest BCUT2D eigenvalue weighted by molar-refractivity contribution is 9.11. The van der Waals surface area contributed by atoms with E-state index in [4.69, 9.17) is 4.74 Å². The van der Waals surface area contributed by atoms with Crippen molar-refractivity contribution in [3.8, 4) is 0 Å². The number of fused-ring (bicyclic) bond motifs is 2. The van der Waals surface area contributed by atoms with E-state index >= 15 is 0 Å². The number of carbonyl (C=O) groups is 4. The lowest BCUT2D eigenvalue weighted by Gasteiger charge is -2.21. The number of halogens is 2. The van der Waals surface area contributed by atoms with Crippen LogP contribution in [-0.4, -0.2) is 45.8 Å². The van der Waals surface area contributed by atoms with E-state index in [0.29, 0.717) is 41.3 Å². The molecule has 0 heterocycles. The first-order chi connectivity index (χ1) is 17.1. The molecule has 0 amide bonds. The number of benzene rings is 5. The van der Waals surface area contributed by atoms with Crippen LogP contribution in [0.15, 0.2) is 45.3 Å². The van der Waals surface area contributed by atoms with E-state index in [0.717, 1.165) is 0 Å². The Labute approximate surface area is 218 Å². The average Bonchev–Trinajstić information content (AvgIpc) is 2.82. The van der Waals surface area contributed by atoms with Crippen molar-refractivity contribution in [2.45, 2.75) is 6.92 Å². The van der Waals surface area contributed by atoms with Crippen molar-refractivity contribution in [3.05, 3.63) is 67.6 Å². The maximum atomic E-state index is 12.8. The standard InChI is InChI=1S/C26H14Br2O8/c1-2-36-26(35)12-6-4-10-19-15(27)7-13(24(31)32)17-11(23(29)30)5-3-9(21(17)19)20-16(28)8-14(25(33)34)18(12)22(10)20/h3-8H,2H2,1H3,(H,29,30)(H,31,32)(H,33,34). The molecule has 5 rings (SSSR count). The molecule has 0 aliphatic heterocycles. The highest BCUT2D eigenvalue weighted by Gasteiger charge is 2.28. The maximum absolute atomic E-state index is 12.8. The molecule has 10 heteroatoms. The number of ether oxygens (including phenoxy) is 1. The quantitative estimate of drug-likeness (QED) is 0.115. The van der Waals surface area contributed by atoms with Gasteiger partial charge in [0.25, 0.3) is 0 Å². The minimum atomic E-state index is -1.30. The van der Waals surface area contributed by atoms with Gasteiger partial charge in [-0.15, -0.1) is 0 Å². The number of hydrogen-bond donors (Lipinski definition) is 3. The fraction of sp³-hybridized carbons (Fsp3) is 0.0769. The van der Waals surface area contributed by atoms with Crippen LogP contribution in [0.25, 0.3) is 43.1 Å². The summed E-state index contributed by atoms with van der Waals surface area (Å²) in [7, 11) is 0. The van der Waals surface area contributed by atoms with Gasteiger partial charge in [0.2, 0.25) is 0 Å². The maximum Gasteiger partial charge on any atom is 0.338 e. The fourth-order valence-corrected chi connectivity index (χ4v) is 6.18. The third kappa shape index (κ3) is 3.25. The van der Waals surface area contributed by atoms with Gasteiger partial charge in [-0.2, -0.15) is 0 Å². The van der Waals surface area contributed by atoms with Gasteiger partial charge in [-0.1, -0.05) is 44.0 Å². The Kier molecular flexibility index (Phi) is 5.60. The molecule has 180 valence electrons. The predicted octanol–water partition coefficient (Wildman–Crippen LogP) is 6.53. The molecule has 0 atom stereocenters. The molecular weight excluding hydrogens is 600 g/mol. The Hall–Kier alpha value is -3.76. The summed E-state index contributed by atoms with van der Waals surface area (Å²) in [5, 5.41) is 32.8. The molecule has 0 unspecified atom stereocenters. The smallest absolute Gasteiger partial charge is 0.338 e. The first-order valence-corrected chi connectivity index (χ1v) is 12.1. The number of carboxylic acid groups (broad SMARTS) is 3. The minimum absolute atomic E-state index is 0.0492. The molecule has 0 radical (unpaired) electrons. The molecule has 5 aromatic carbocycles. The lowest BCUT2D eigenvalue weighted by molar-refractivity contribution is 0.0527. The second-order valence-corrected chi connectivity index (χ2v) is 9.73. The van der Waals surface area contributed by atoms with Crippen molar-refractivity contribution >= 4 is 98.8 Å². The van der Waals surface area contributed by atoms with Crippen molar-refractivity contribution in [1.29, 1.82) is 0 Å². The van der Waals surface area contributed by atoms with E-state index in [1.54, 1.807) is 19.1 Å². The van der Waals surface area contributed by atoms with Crippen LogP contribution in [0.4, 0.5) is 0 Å². The molecule has 0 aliphatic carbocycles. The van der Waals surface area contributed by atoms with E-state index in [2.05, 4.69) is 31.9 Å². The molecule has 0 saturated heterocycles. The second kappa shape index (κ2) is 8.42. The van der Waals surface area contributed by atoms with Gasteiger partial charge in [-0.25, -0.2) is 19.2 Å². The Bertz CT molecular complexity index is 1820. The highest BCUT2D eigenvalue weighted by atomic mass is 79.9. The van der Waals surface area contributed by atoms with Gasteiger partial charge in [0.1, 0.15) is 0 Å². The fourth-order valence-electron chi connectivity index (χ4n) is 4.90. The van der Waals surface area contributed by atoms with Gasteiger partial charge in [-0.3, -0.25) is 0 Å². The Morgan fingerprint density at radius 3 is 1.47 bits per heavy atom. The van der Waals surface area contributed by atoms with Crippen LogP contribution < -0.4 is 0 Å². The summed E-state index contributed by atoms with van der Waals surface area (Å²) in [6.07, 6.45) is 0. The third-order valence-electron chi connectivity index (χ3n) is 6.19. The summed E-state index contributed by atoms with van der Waals surface area (Å²) in [5.74, 6) is -4.51. The van der Waals surface area contributed by atoms with Crippen molar-refractivity contribution in [2.24, 2.45) is 0 Å². The van der Waals surface area contributed by atoms with Gasteiger partial charge in [0, 0.05) is 41.3 Å². The van der Waals surface area contributed by atoms with E-state index in [1.807, 2.05) is 0 Å². The molecule has 0 spiro atoms. The molecule has 36 heavy (non-hydrogen) atoms. The van der Waals surface area contributed by atoms with Crippen LogP contribution in [0, 0.1) is 0 Å². The highest BCUT2D eigenvalue weighted by Crippen LogP contribution is 2.48. The number of aromatic carboxylic acids is 3. The van der Waals surface area contributed by atoms with Crippen LogP contribution >= 0.6 is 31.9 Å².